The fourth-order valence-electron chi connectivity index (χ4n) is 3.76. The molecule has 3 rings (SSSR count). The minimum Gasteiger partial charge on any atom is -0.358 e. The van der Waals surface area contributed by atoms with Gasteiger partial charge in [0.2, 0.25) is 5.91 Å². The highest BCUT2D eigenvalue weighted by molar-refractivity contribution is 5.85. The molecule has 138 valence electrons. The Hall–Kier alpha value is -1.52. The highest BCUT2D eigenvalue weighted by atomic mass is 35.5. The van der Waals surface area contributed by atoms with Gasteiger partial charge in [-0.05, 0) is 74.9 Å². The van der Waals surface area contributed by atoms with E-state index in [1.165, 1.54) is 35.0 Å². The van der Waals surface area contributed by atoms with E-state index >= 15 is 0 Å². The number of nitrogens with one attached hydrogen (secondary N) is 3. The first-order valence-corrected chi connectivity index (χ1v) is 9.10. The number of hydrogen-bond donors (Lipinski definition) is 3. The van der Waals surface area contributed by atoms with E-state index in [9.17, 15) is 4.79 Å². The molecule has 5 heteroatoms. The molecule has 1 aliphatic rings. The fraction of sp³-hybridized carbons (Fsp3) is 0.550. The number of aromatic nitrogens is 1. The molecule has 0 aliphatic carbocycles. The van der Waals surface area contributed by atoms with Crippen molar-refractivity contribution < 1.29 is 4.79 Å². The molecule has 0 radical (unpaired) electrons. The summed E-state index contributed by atoms with van der Waals surface area (Å²) >= 11 is 0. The Kier molecular flexibility index (Phi) is 6.91. The van der Waals surface area contributed by atoms with Crippen LogP contribution in [-0.4, -0.2) is 24.0 Å². The number of amides is 1. The van der Waals surface area contributed by atoms with E-state index in [1.807, 2.05) is 0 Å². The summed E-state index contributed by atoms with van der Waals surface area (Å²) in [6.07, 6.45) is 3.02. The van der Waals surface area contributed by atoms with E-state index in [2.05, 4.69) is 54.6 Å². The van der Waals surface area contributed by atoms with Crippen LogP contribution in [0, 0.1) is 25.7 Å². The summed E-state index contributed by atoms with van der Waals surface area (Å²) in [5.74, 6) is 1.31. The molecule has 0 saturated carbocycles. The highest BCUT2D eigenvalue weighted by Crippen LogP contribution is 2.24. The minimum atomic E-state index is 0. The predicted molar refractivity (Wildman–Crippen MR) is 106 cm³/mol. The lowest BCUT2D eigenvalue weighted by atomic mass is 9.84. The zero-order chi connectivity index (χ0) is 17.1. The number of hydrogen-bond acceptors (Lipinski definition) is 2. The third kappa shape index (κ3) is 4.77. The summed E-state index contributed by atoms with van der Waals surface area (Å²) in [5.41, 5.74) is 4.83. The lowest BCUT2D eigenvalue weighted by Crippen LogP contribution is -2.33. The molecular weight excluding hydrogens is 334 g/mol. The second-order valence-electron chi connectivity index (χ2n) is 7.30. The Morgan fingerprint density at radius 2 is 2.00 bits per heavy atom. The molecule has 1 fully saturated rings. The Morgan fingerprint density at radius 1 is 1.28 bits per heavy atom. The minimum absolute atomic E-state index is 0. The number of H-pyrrole nitrogens is 1. The van der Waals surface area contributed by atoms with Crippen molar-refractivity contribution in [1.82, 2.24) is 15.6 Å². The molecule has 0 spiro atoms. The van der Waals surface area contributed by atoms with Gasteiger partial charge in [0, 0.05) is 29.6 Å². The van der Waals surface area contributed by atoms with Gasteiger partial charge in [-0.3, -0.25) is 4.79 Å². The molecule has 1 aromatic carbocycles. The van der Waals surface area contributed by atoms with Crippen LogP contribution < -0.4 is 10.6 Å². The quantitative estimate of drug-likeness (QED) is 0.755. The van der Waals surface area contributed by atoms with Crippen LogP contribution in [0.2, 0.25) is 0 Å². The van der Waals surface area contributed by atoms with Crippen molar-refractivity contribution in [3.63, 3.8) is 0 Å². The molecule has 0 bridgehead atoms. The van der Waals surface area contributed by atoms with Crippen LogP contribution in [0.25, 0.3) is 10.9 Å². The first-order valence-electron chi connectivity index (χ1n) is 9.10. The Labute approximate surface area is 156 Å². The zero-order valence-corrected chi connectivity index (χ0v) is 16.3. The molecule has 3 N–H and O–H groups in total. The monoisotopic (exact) mass is 363 g/mol. The number of aromatic amines is 1. The van der Waals surface area contributed by atoms with E-state index in [0.717, 1.165) is 18.7 Å². The lowest BCUT2D eigenvalue weighted by Gasteiger charge is -2.27. The summed E-state index contributed by atoms with van der Waals surface area (Å²) < 4.78 is 0. The van der Waals surface area contributed by atoms with Crippen LogP contribution in [0.4, 0.5) is 0 Å². The molecule has 1 saturated heterocycles. The number of benzene rings is 1. The molecule has 1 amide bonds. The van der Waals surface area contributed by atoms with Crippen LogP contribution in [-0.2, 0) is 11.3 Å². The number of rotatable bonds is 5. The predicted octanol–water partition coefficient (Wildman–Crippen LogP) is 3.85. The number of carbonyl (C=O) groups excluding carboxylic acids is 1. The van der Waals surface area contributed by atoms with Crippen LogP contribution in [0.5, 0.6) is 0 Å². The molecule has 2 aromatic rings. The van der Waals surface area contributed by atoms with Crippen molar-refractivity contribution in [1.29, 1.82) is 0 Å². The second-order valence-corrected chi connectivity index (χ2v) is 7.30. The van der Waals surface area contributed by atoms with Crippen molar-refractivity contribution in [2.45, 2.75) is 46.6 Å². The summed E-state index contributed by atoms with van der Waals surface area (Å²) in [6, 6.07) is 6.38. The van der Waals surface area contributed by atoms with Crippen molar-refractivity contribution >= 4 is 29.2 Å². The van der Waals surface area contributed by atoms with Crippen LogP contribution in [0.1, 0.15) is 43.0 Å². The number of halogens is 1. The van der Waals surface area contributed by atoms with E-state index in [1.54, 1.807) is 0 Å². The topological polar surface area (TPSA) is 56.9 Å². The molecule has 2 heterocycles. The molecule has 1 unspecified atom stereocenters. The van der Waals surface area contributed by atoms with Gasteiger partial charge in [-0.25, -0.2) is 0 Å². The molecule has 1 atom stereocenters. The zero-order valence-electron chi connectivity index (χ0n) is 15.4. The Bertz CT molecular complexity index is 719. The van der Waals surface area contributed by atoms with Gasteiger partial charge in [-0.15, -0.1) is 12.4 Å². The fourth-order valence-corrected chi connectivity index (χ4v) is 3.76. The SMILES string of the molecule is Cc1[nH]c2ccc(CNC(=O)CC(C)C3CCNCC3)cc2c1C.Cl. The maximum absolute atomic E-state index is 12.3. The summed E-state index contributed by atoms with van der Waals surface area (Å²) in [5, 5.41) is 7.73. The van der Waals surface area contributed by atoms with E-state index in [4.69, 9.17) is 0 Å². The third-order valence-corrected chi connectivity index (χ3v) is 5.56. The van der Waals surface area contributed by atoms with Crippen LogP contribution in [0.15, 0.2) is 18.2 Å². The average molecular weight is 364 g/mol. The molecule has 25 heavy (non-hydrogen) atoms. The van der Waals surface area contributed by atoms with Gasteiger partial charge >= 0.3 is 0 Å². The van der Waals surface area contributed by atoms with Gasteiger partial charge in [0.25, 0.3) is 0 Å². The average Bonchev–Trinajstić information content (AvgIpc) is 2.88. The number of fused-ring (bicyclic) bond motifs is 1. The van der Waals surface area contributed by atoms with E-state index in [0.29, 0.717) is 24.8 Å². The van der Waals surface area contributed by atoms with Gasteiger partial charge in [0.1, 0.15) is 0 Å². The van der Waals surface area contributed by atoms with Crippen LogP contribution >= 0.6 is 12.4 Å². The number of aryl methyl sites for hydroxylation is 2. The summed E-state index contributed by atoms with van der Waals surface area (Å²) in [6.45, 7) is 9.24. The van der Waals surface area contributed by atoms with Crippen LogP contribution in [0.3, 0.4) is 0 Å². The van der Waals surface area contributed by atoms with E-state index < -0.39 is 0 Å². The number of piperidine rings is 1. The molecular formula is C20H30ClN3O. The Morgan fingerprint density at radius 3 is 2.72 bits per heavy atom. The standard InChI is InChI=1S/C20H29N3O.ClH/c1-13(17-6-8-21-9-7-17)10-20(24)22-12-16-4-5-19-18(11-16)14(2)15(3)23-19;/h4-5,11,13,17,21,23H,6-10,12H2,1-3H3,(H,22,24);1H. The second kappa shape index (κ2) is 8.72. The molecule has 1 aromatic heterocycles. The maximum Gasteiger partial charge on any atom is 0.220 e. The van der Waals surface area contributed by atoms with Crippen molar-refractivity contribution in [3.8, 4) is 0 Å². The van der Waals surface area contributed by atoms with Gasteiger partial charge in [0.05, 0.1) is 0 Å². The number of carbonyl (C=O) groups is 1. The highest BCUT2D eigenvalue weighted by Gasteiger charge is 2.21. The van der Waals surface area contributed by atoms with Gasteiger partial charge in [0.15, 0.2) is 0 Å². The summed E-state index contributed by atoms with van der Waals surface area (Å²) in [7, 11) is 0. The van der Waals surface area contributed by atoms with Gasteiger partial charge < -0.3 is 15.6 Å². The van der Waals surface area contributed by atoms with E-state index in [-0.39, 0.29) is 18.3 Å². The van der Waals surface area contributed by atoms with Gasteiger partial charge in [-0.2, -0.15) is 0 Å². The normalized spacial score (nSPS) is 16.4. The third-order valence-electron chi connectivity index (χ3n) is 5.56. The lowest BCUT2D eigenvalue weighted by molar-refractivity contribution is -0.122. The smallest absolute Gasteiger partial charge is 0.220 e. The largest absolute Gasteiger partial charge is 0.358 e. The maximum atomic E-state index is 12.3. The van der Waals surface area contributed by atoms with Crippen molar-refractivity contribution in [2.24, 2.45) is 11.8 Å². The van der Waals surface area contributed by atoms with Gasteiger partial charge in [-0.1, -0.05) is 13.0 Å². The van der Waals surface area contributed by atoms with Crippen molar-refractivity contribution in [3.05, 3.63) is 35.0 Å². The first-order chi connectivity index (χ1) is 11.5. The first kappa shape index (κ1) is 19.8. The Balaban J connectivity index is 0.00000225. The molecule has 1 aliphatic heterocycles. The summed E-state index contributed by atoms with van der Waals surface area (Å²) in [4.78, 5) is 15.7. The van der Waals surface area contributed by atoms with Crippen molar-refractivity contribution in [2.75, 3.05) is 13.1 Å². The molecule has 4 nitrogen and oxygen atoms in total.